The molecule has 0 fully saturated rings. The molecule has 2 aromatic heterocycles. The van der Waals surface area contributed by atoms with E-state index in [1.165, 1.54) is 5.69 Å². The topological polar surface area (TPSA) is 107 Å². The Hall–Kier alpha value is -6.39. The van der Waals surface area contributed by atoms with E-state index in [-0.39, 0.29) is 18.4 Å². The summed E-state index contributed by atoms with van der Waals surface area (Å²) in [7, 11) is 0. The Morgan fingerprint density at radius 1 is 0.923 bits per heavy atom. The molecule has 2 heterocycles. The number of para-hydroxylation sites is 1. The van der Waals surface area contributed by atoms with E-state index in [9.17, 15) is 15.8 Å². The summed E-state index contributed by atoms with van der Waals surface area (Å²) in [6.07, 6.45) is 15.8. The van der Waals surface area contributed by atoms with Crippen molar-refractivity contribution in [1.29, 1.82) is 15.8 Å². The molecule has 0 spiro atoms. The summed E-state index contributed by atoms with van der Waals surface area (Å²) in [5, 5.41) is 31.0. The van der Waals surface area contributed by atoms with Gasteiger partial charge in [0.25, 0.3) is 0 Å². The highest BCUT2D eigenvalue weighted by atomic mass is 15.0. The third kappa shape index (κ3) is 5.63. The van der Waals surface area contributed by atoms with Crippen LogP contribution in [0.3, 0.4) is 0 Å². The Bertz CT molecular complexity index is 2510. The lowest BCUT2D eigenvalue weighted by atomic mass is 9.84. The van der Waals surface area contributed by atoms with Crippen LogP contribution in [0.25, 0.3) is 45.9 Å². The van der Waals surface area contributed by atoms with Crippen molar-refractivity contribution in [3.8, 4) is 35.0 Å². The van der Waals surface area contributed by atoms with Crippen LogP contribution in [0, 0.1) is 54.8 Å². The van der Waals surface area contributed by atoms with Gasteiger partial charge in [0, 0.05) is 57.2 Å². The van der Waals surface area contributed by atoms with E-state index in [2.05, 4.69) is 128 Å². The van der Waals surface area contributed by atoms with Gasteiger partial charge in [-0.25, -0.2) is 0 Å². The minimum Gasteiger partial charge on any atom is -0.336 e. The predicted molar refractivity (Wildman–Crippen MR) is 211 cm³/mol. The number of benzene rings is 3. The second kappa shape index (κ2) is 14.1. The van der Waals surface area contributed by atoms with Crippen molar-refractivity contribution in [2.75, 3.05) is 6.54 Å². The van der Waals surface area contributed by atoms with Crippen molar-refractivity contribution < 1.29 is 0 Å². The van der Waals surface area contributed by atoms with Crippen LogP contribution in [0.4, 0.5) is 0 Å². The monoisotopic (exact) mass is 676 g/mol. The molecule has 2 N–H and O–H groups in total. The summed E-state index contributed by atoms with van der Waals surface area (Å²) in [6, 6.07) is 28.3. The van der Waals surface area contributed by atoms with Crippen molar-refractivity contribution in [1.82, 2.24) is 9.13 Å². The minimum absolute atomic E-state index is 0.0302. The number of fused-ring (bicyclic) bond motifs is 3. The van der Waals surface area contributed by atoms with Gasteiger partial charge in [0.1, 0.15) is 0 Å². The van der Waals surface area contributed by atoms with Gasteiger partial charge in [0.05, 0.1) is 36.4 Å². The molecule has 0 radical (unpaired) electrons. The van der Waals surface area contributed by atoms with Crippen molar-refractivity contribution in [3.05, 3.63) is 153 Å². The zero-order chi connectivity index (χ0) is 36.5. The molecule has 6 heteroatoms. The van der Waals surface area contributed by atoms with Gasteiger partial charge in [-0.15, -0.1) is 0 Å². The molecule has 0 aliphatic heterocycles. The number of hydrogen-bond acceptors (Lipinski definition) is 4. The Kier molecular flexibility index (Phi) is 9.23. The van der Waals surface area contributed by atoms with Gasteiger partial charge >= 0.3 is 0 Å². The number of nitrogens with two attached hydrogens (primary N) is 1. The Morgan fingerprint density at radius 3 is 2.40 bits per heavy atom. The van der Waals surface area contributed by atoms with Crippen molar-refractivity contribution in [2.45, 2.75) is 52.0 Å². The first-order valence-corrected chi connectivity index (χ1v) is 17.7. The summed E-state index contributed by atoms with van der Waals surface area (Å²) in [5.74, 6) is -0.0302. The average molecular weight is 677 g/mol. The first-order chi connectivity index (χ1) is 25.3. The van der Waals surface area contributed by atoms with E-state index in [1.54, 1.807) is 0 Å². The van der Waals surface area contributed by atoms with Gasteiger partial charge in [-0.3, -0.25) is 0 Å². The van der Waals surface area contributed by atoms with E-state index in [0.29, 0.717) is 18.5 Å². The maximum atomic E-state index is 10.1. The van der Waals surface area contributed by atoms with Crippen molar-refractivity contribution in [3.63, 3.8) is 0 Å². The average Bonchev–Trinajstić information content (AvgIpc) is 3.63. The van der Waals surface area contributed by atoms with Gasteiger partial charge in [-0.2, -0.15) is 15.8 Å². The van der Waals surface area contributed by atoms with E-state index in [1.807, 2.05) is 30.4 Å². The Morgan fingerprint density at radius 2 is 1.69 bits per heavy atom. The summed E-state index contributed by atoms with van der Waals surface area (Å²) in [4.78, 5) is 0. The fourth-order valence-electron chi connectivity index (χ4n) is 8.16. The maximum Gasteiger partial charge on any atom is 0.0988 e. The lowest BCUT2D eigenvalue weighted by Crippen LogP contribution is -2.20. The van der Waals surface area contributed by atoms with Gasteiger partial charge in [-0.05, 0) is 109 Å². The van der Waals surface area contributed by atoms with Gasteiger partial charge < -0.3 is 14.9 Å². The number of nitriles is 3. The fourth-order valence-corrected chi connectivity index (χ4v) is 8.16. The van der Waals surface area contributed by atoms with Crippen LogP contribution >= 0.6 is 0 Å². The van der Waals surface area contributed by atoms with Gasteiger partial charge in [-0.1, -0.05) is 73.3 Å². The highest BCUT2D eigenvalue weighted by Gasteiger charge is 2.30. The summed E-state index contributed by atoms with van der Waals surface area (Å²) < 4.78 is 4.62. The van der Waals surface area contributed by atoms with Crippen LogP contribution in [0.1, 0.15) is 68.8 Å². The lowest BCUT2D eigenvalue weighted by Gasteiger charge is -2.30. The number of hydrogen-bond donors (Lipinski definition) is 1. The molecule has 0 bridgehead atoms. The number of nitrogens with zero attached hydrogens (tertiary/aromatic N) is 5. The van der Waals surface area contributed by atoms with Crippen molar-refractivity contribution in [2.24, 2.45) is 5.73 Å². The quantitative estimate of drug-likeness (QED) is 0.177. The molecule has 3 aromatic carbocycles. The van der Waals surface area contributed by atoms with Crippen LogP contribution in [0.2, 0.25) is 0 Å². The second-order valence-corrected chi connectivity index (χ2v) is 13.6. The fraction of sp³-hybridized carbons (Fsp3) is 0.196. The first kappa shape index (κ1) is 34.1. The molecular weight excluding hydrogens is 637 g/mol. The number of aryl methyl sites for hydroxylation is 1. The standard InChI is InChI=1S/C46H40N6/c1-5-41-30(3)31(4)42(11-8-23-47)52(41)46-29(2)12-19-36(39(46)22-24-48)34-15-17-35(18-16-34)37-20-13-33(28-50)26-45(37)51-43-10-7-6-9-38(43)40-25-32(27-49)14-21-44(40)51/h5-13,15-20,25-26,37,45H,1,14,21-23,47H2,2-4H3/b11-8-. The zero-order valence-corrected chi connectivity index (χ0v) is 29.8. The highest BCUT2D eigenvalue weighted by Crippen LogP contribution is 2.44. The normalized spacial score (nSPS) is 16.6. The largest absolute Gasteiger partial charge is 0.336 e. The van der Waals surface area contributed by atoms with Crippen LogP contribution in [-0.2, 0) is 12.8 Å². The molecule has 5 aromatic rings. The molecule has 2 aliphatic rings. The first-order valence-electron chi connectivity index (χ1n) is 17.7. The third-order valence-electron chi connectivity index (χ3n) is 10.8. The van der Waals surface area contributed by atoms with E-state index in [4.69, 9.17) is 5.73 Å². The molecule has 2 atom stereocenters. The maximum absolute atomic E-state index is 10.1. The van der Waals surface area contributed by atoms with Crippen LogP contribution in [-0.4, -0.2) is 15.7 Å². The molecule has 0 amide bonds. The van der Waals surface area contributed by atoms with Crippen molar-refractivity contribution >= 4 is 29.1 Å². The third-order valence-corrected chi connectivity index (χ3v) is 10.8. The molecule has 6 nitrogen and oxygen atoms in total. The molecule has 0 saturated heterocycles. The van der Waals surface area contributed by atoms with Gasteiger partial charge in [0.2, 0.25) is 0 Å². The minimum atomic E-state index is -0.131. The molecule has 7 rings (SSSR count). The van der Waals surface area contributed by atoms with Gasteiger partial charge in [0.15, 0.2) is 0 Å². The zero-order valence-electron chi connectivity index (χ0n) is 29.8. The predicted octanol–water partition coefficient (Wildman–Crippen LogP) is 9.90. The summed E-state index contributed by atoms with van der Waals surface area (Å²) in [5.41, 5.74) is 21.2. The number of rotatable bonds is 8. The molecule has 2 aliphatic carbocycles. The molecular formula is C46H40N6. The van der Waals surface area contributed by atoms with E-state index >= 15 is 0 Å². The SMILES string of the molecule is C=Cc1c(C)c(C)c(/C=C\CN)n1-c1c(C)ccc(-c2ccc(C3C=CC(C#N)=CC3n3c4c(c5ccccc53)C=C(C#N)CC4)cc2)c1CC#N. The Balaban J connectivity index is 1.35. The highest BCUT2D eigenvalue weighted by molar-refractivity contribution is 5.93. The summed E-state index contributed by atoms with van der Waals surface area (Å²) >= 11 is 0. The number of aromatic nitrogens is 2. The second-order valence-electron chi connectivity index (χ2n) is 13.6. The van der Waals surface area contributed by atoms with Crippen LogP contribution in [0.15, 0.2) is 103 Å². The summed E-state index contributed by atoms with van der Waals surface area (Å²) in [6.45, 7) is 10.9. The molecule has 254 valence electrons. The van der Waals surface area contributed by atoms with E-state index in [0.717, 1.165) is 84.5 Å². The Labute approximate surface area is 305 Å². The smallest absolute Gasteiger partial charge is 0.0988 e. The molecule has 52 heavy (non-hydrogen) atoms. The van der Waals surface area contributed by atoms with Crippen LogP contribution in [0.5, 0.6) is 0 Å². The molecule has 0 saturated carbocycles. The molecule has 2 unspecified atom stereocenters. The van der Waals surface area contributed by atoms with E-state index < -0.39 is 0 Å². The number of allylic oxidation sites excluding steroid dienone is 5. The van der Waals surface area contributed by atoms with Crippen LogP contribution < -0.4 is 5.73 Å². The lowest BCUT2D eigenvalue weighted by molar-refractivity contribution is 0.538.